The van der Waals surface area contributed by atoms with E-state index in [1.807, 2.05) is 24.3 Å². The molecule has 1 fully saturated rings. The molecule has 0 aliphatic carbocycles. The molecule has 112 valence electrons. The number of halogens is 1. The number of carbonyl (C=O) groups is 2. The van der Waals surface area contributed by atoms with E-state index in [4.69, 9.17) is 9.84 Å². The SMILES string of the molecule is C=CCOC(=O)N1CC(CC(=O)O)(c2ccc(Br)cc2)C1. The minimum Gasteiger partial charge on any atom is -0.481 e. The van der Waals surface area contributed by atoms with Gasteiger partial charge in [0.15, 0.2) is 0 Å². The third kappa shape index (κ3) is 3.44. The third-order valence-electron chi connectivity index (χ3n) is 3.52. The van der Waals surface area contributed by atoms with E-state index in [1.165, 1.54) is 11.0 Å². The van der Waals surface area contributed by atoms with Gasteiger partial charge in [0, 0.05) is 23.0 Å². The van der Waals surface area contributed by atoms with Gasteiger partial charge >= 0.3 is 12.1 Å². The van der Waals surface area contributed by atoms with Crippen LogP contribution in [0.25, 0.3) is 0 Å². The summed E-state index contributed by atoms with van der Waals surface area (Å²) in [6.07, 6.45) is 1.05. The second kappa shape index (κ2) is 6.30. The van der Waals surface area contributed by atoms with Crippen molar-refractivity contribution in [1.82, 2.24) is 4.90 Å². The number of ether oxygens (including phenoxy) is 1. The summed E-state index contributed by atoms with van der Waals surface area (Å²) >= 11 is 3.36. The van der Waals surface area contributed by atoms with Crippen LogP contribution < -0.4 is 0 Å². The fourth-order valence-corrected chi connectivity index (χ4v) is 2.79. The number of benzene rings is 1. The smallest absolute Gasteiger partial charge is 0.410 e. The van der Waals surface area contributed by atoms with Gasteiger partial charge in [-0.15, -0.1) is 0 Å². The predicted molar refractivity (Wildman–Crippen MR) is 81.2 cm³/mol. The van der Waals surface area contributed by atoms with Gasteiger partial charge in [-0.1, -0.05) is 40.7 Å². The van der Waals surface area contributed by atoms with Crippen molar-refractivity contribution in [2.24, 2.45) is 0 Å². The van der Waals surface area contributed by atoms with Crippen molar-refractivity contribution in [1.29, 1.82) is 0 Å². The molecule has 1 amide bonds. The highest BCUT2D eigenvalue weighted by Crippen LogP contribution is 2.38. The summed E-state index contributed by atoms with van der Waals surface area (Å²) in [6.45, 7) is 4.32. The van der Waals surface area contributed by atoms with E-state index >= 15 is 0 Å². The van der Waals surface area contributed by atoms with Crippen LogP contribution in [0.2, 0.25) is 0 Å². The Morgan fingerprint density at radius 3 is 2.52 bits per heavy atom. The maximum absolute atomic E-state index is 11.7. The molecule has 0 aromatic heterocycles. The fraction of sp³-hybridized carbons (Fsp3) is 0.333. The second-order valence-corrected chi connectivity index (χ2v) is 6.00. The van der Waals surface area contributed by atoms with Gasteiger partial charge in [0.05, 0.1) is 6.42 Å². The summed E-state index contributed by atoms with van der Waals surface area (Å²) in [6, 6.07) is 7.52. The summed E-state index contributed by atoms with van der Waals surface area (Å²) < 4.78 is 5.89. The highest BCUT2D eigenvalue weighted by molar-refractivity contribution is 9.10. The highest BCUT2D eigenvalue weighted by atomic mass is 79.9. The molecule has 21 heavy (non-hydrogen) atoms. The number of carboxylic acids is 1. The Kier molecular flexibility index (Phi) is 4.67. The normalized spacial score (nSPS) is 16.0. The molecule has 0 radical (unpaired) electrons. The first-order chi connectivity index (χ1) is 9.97. The molecule has 0 bridgehead atoms. The van der Waals surface area contributed by atoms with Gasteiger partial charge in [0.2, 0.25) is 0 Å². The molecular formula is C15H16BrNO4. The molecule has 0 saturated carbocycles. The van der Waals surface area contributed by atoms with Crippen LogP contribution >= 0.6 is 15.9 Å². The molecule has 2 rings (SSSR count). The quantitative estimate of drug-likeness (QED) is 0.826. The topological polar surface area (TPSA) is 66.8 Å². The van der Waals surface area contributed by atoms with Crippen molar-refractivity contribution >= 4 is 28.0 Å². The maximum atomic E-state index is 11.7. The third-order valence-corrected chi connectivity index (χ3v) is 4.04. The Morgan fingerprint density at radius 1 is 1.38 bits per heavy atom. The van der Waals surface area contributed by atoms with Gasteiger partial charge in [-0.2, -0.15) is 0 Å². The van der Waals surface area contributed by atoms with E-state index < -0.39 is 17.5 Å². The minimum absolute atomic E-state index is 0.0140. The Balaban J connectivity index is 2.12. The van der Waals surface area contributed by atoms with Gasteiger partial charge in [-0.05, 0) is 17.7 Å². The zero-order chi connectivity index (χ0) is 15.5. The molecule has 1 aliphatic rings. The van der Waals surface area contributed by atoms with Gasteiger partial charge in [-0.3, -0.25) is 4.79 Å². The van der Waals surface area contributed by atoms with Gasteiger partial charge in [-0.25, -0.2) is 4.79 Å². The van der Waals surface area contributed by atoms with Crippen molar-refractivity contribution in [2.45, 2.75) is 11.8 Å². The maximum Gasteiger partial charge on any atom is 0.410 e. The van der Waals surface area contributed by atoms with Crippen molar-refractivity contribution in [3.05, 3.63) is 47.0 Å². The summed E-state index contributed by atoms with van der Waals surface area (Å²) in [7, 11) is 0. The highest BCUT2D eigenvalue weighted by Gasteiger charge is 2.48. The monoisotopic (exact) mass is 353 g/mol. The lowest BCUT2D eigenvalue weighted by atomic mass is 9.71. The van der Waals surface area contributed by atoms with Crippen LogP contribution in [-0.2, 0) is 14.9 Å². The lowest BCUT2D eigenvalue weighted by Gasteiger charge is -2.49. The molecule has 1 aromatic rings. The first-order valence-corrected chi connectivity index (χ1v) is 7.26. The van der Waals surface area contributed by atoms with Gasteiger partial charge in [0.1, 0.15) is 6.61 Å². The standard InChI is InChI=1S/C15H16BrNO4/c1-2-7-21-14(20)17-9-15(10-17,8-13(18)19)11-3-5-12(16)6-4-11/h2-6H,1,7-10H2,(H,18,19). The first kappa shape index (κ1) is 15.6. The van der Waals surface area contributed by atoms with Crippen LogP contribution in [0.15, 0.2) is 41.4 Å². The average Bonchev–Trinajstić information content (AvgIpc) is 2.40. The largest absolute Gasteiger partial charge is 0.481 e. The van der Waals surface area contributed by atoms with Crippen LogP contribution in [0, 0.1) is 0 Å². The van der Waals surface area contributed by atoms with Crippen molar-refractivity contribution in [2.75, 3.05) is 19.7 Å². The van der Waals surface area contributed by atoms with Crippen LogP contribution in [0.1, 0.15) is 12.0 Å². The molecule has 0 atom stereocenters. The molecule has 5 nitrogen and oxygen atoms in total. The molecule has 1 saturated heterocycles. The summed E-state index contributed by atoms with van der Waals surface area (Å²) in [5, 5.41) is 9.14. The summed E-state index contributed by atoms with van der Waals surface area (Å²) in [5.74, 6) is -0.878. The first-order valence-electron chi connectivity index (χ1n) is 6.47. The van der Waals surface area contributed by atoms with E-state index in [0.717, 1.165) is 10.0 Å². The molecule has 1 aromatic carbocycles. The predicted octanol–water partition coefficient (Wildman–Crippen LogP) is 2.80. The number of aliphatic carboxylic acids is 1. The zero-order valence-electron chi connectivity index (χ0n) is 11.4. The number of likely N-dealkylation sites (tertiary alicyclic amines) is 1. The zero-order valence-corrected chi connectivity index (χ0v) is 13.0. The molecule has 1 heterocycles. The molecule has 0 spiro atoms. The van der Waals surface area contributed by atoms with Crippen molar-refractivity contribution in [3.63, 3.8) is 0 Å². The fourth-order valence-electron chi connectivity index (χ4n) is 2.52. The molecule has 0 unspecified atom stereocenters. The number of rotatable bonds is 5. The number of carbonyl (C=O) groups excluding carboxylic acids is 1. The van der Waals surface area contributed by atoms with Crippen molar-refractivity contribution < 1.29 is 19.4 Å². The van der Waals surface area contributed by atoms with E-state index in [9.17, 15) is 9.59 Å². The van der Waals surface area contributed by atoms with Crippen LogP contribution in [0.5, 0.6) is 0 Å². The number of hydrogen-bond acceptors (Lipinski definition) is 3. The Bertz CT molecular complexity index is 549. The number of carboxylic acid groups (broad SMARTS) is 1. The average molecular weight is 354 g/mol. The van der Waals surface area contributed by atoms with E-state index in [-0.39, 0.29) is 13.0 Å². The lowest BCUT2D eigenvalue weighted by molar-refractivity contribution is -0.140. The number of nitrogens with zero attached hydrogens (tertiary/aromatic N) is 1. The van der Waals surface area contributed by atoms with Crippen LogP contribution in [-0.4, -0.2) is 41.8 Å². The molecule has 1 aliphatic heterocycles. The van der Waals surface area contributed by atoms with E-state index in [1.54, 1.807) is 0 Å². The Labute approximate surface area is 131 Å². The second-order valence-electron chi connectivity index (χ2n) is 5.08. The molecule has 6 heteroatoms. The van der Waals surface area contributed by atoms with Crippen LogP contribution in [0.4, 0.5) is 4.79 Å². The molecular weight excluding hydrogens is 338 g/mol. The Morgan fingerprint density at radius 2 is 2.00 bits per heavy atom. The number of amides is 1. The lowest BCUT2D eigenvalue weighted by Crippen LogP contribution is -2.62. The summed E-state index contributed by atoms with van der Waals surface area (Å²) in [5.41, 5.74) is 0.376. The van der Waals surface area contributed by atoms with Crippen molar-refractivity contribution in [3.8, 4) is 0 Å². The van der Waals surface area contributed by atoms with Crippen LogP contribution in [0.3, 0.4) is 0 Å². The summed E-state index contributed by atoms with van der Waals surface area (Å²) in [4.78, 5) is 24.4. The minimum atomic E-state index is -0.878. The Hall–Kier alpha value is -1.82. The van der Waals surface area contributed by atoms with Gasteiger partial charge < -0.3 is 14.7 Å². The van der Waals surface area contributed by atoms with E-state index in [2.05, 4.69) is 22.5 Å². The number of hydrogen-bond donors (Lipinski definition) is 1. The van der Waals surface area contributed by atoms with Gasteiger partial charge in [0.25, 0.3) is 0 Å². The molecule has 1 N–H and O–H groups in total. The van der Waals surface area contributed by atoms with E-state index in [0.29, 0.717) is 13.1 Å².